The topological polar surface area (TPSA) is 93.1 Å². The van der Waals surface area contributed by atoms with E-state index in [2.05, 4.69) is 0 Å². The number of hydrogen-bond acceptors (Lipinski definition) is 4. The third-order valence-electron chi connectivity index (χ3n) is 2.06. The van der Waals surface area contributed by atoms with Gasteiger partial charge in [-0.1, -0.05) is 0 Å². The lowest BCUT2D eigenvalue weighted by molar-refractivity contribution is 0.161. The minimum absolute atomic E-state index is 0.0137. The second kappa shape index (κ2) is 4.78. The first-order chi connectivity index (χ1) is 7.43. The van der Waals surface area contributed by atoms with Gasteiger partial charge in [0.15, 0.2) is 0 Å². The molecular weight excluding hydrogens is 235 g/mol. The molecule has 0 amide bonds. The summed E-state index contributed by atoms with van der Waals surface area (Å²) in [6, 6.07) is 0. The van der Waals surface area contributed by atoms with Crippen molar-refractivity contribution in [1.82, 2.24) is 0 Å². The molecule has 0 aromatic rings. The highest BCUT2D eigenvalue weighted by molar-refractivity contribution is 7.56. The third kappa shape index (κ3) is 2.50. The summed E-state index contributed by atoms with van der Waals surface area (Å²) >= 11 is 0. The minimum atomic E-state index is -4.50. The van der Waals surface area contributed by atoms with Gasteiger partial charge in [-0.3, -0.25) is 4.57 Å². The molecular formula is C9H11O6P. The number of rotatable bonds is 3. The lowest BCUT2D eigenvalue weighted by Gasteiger charge is -2.23. The van der Waals surface area contributed by atoms with Crippen LogP contribution in [0.4, 0.5) is 0 Å². The van der Waals surface area contributed by atoms with E-state index >= 15 is 0 Å². The molecule has 2 N–H and O–H groups in total. The maximum atomic E-state index is 11.2. The summed E-state index contributed by atoms with van der Waals surface area (Å²) in [7, 11) is -1.92. The standard InChI is InChI=1S/C9H11O6P/c1-14-7-3-6(5-10)9(15-2)8(4-7)16(11,12)13/h3-4,9H,1-2H3,(H2,11,12,13). The number of hydrogen-bond donors (Lipinski definition) is 2. The van der Waals surface area contributed by atoms with Gasteiger partial charge in [0.1, 0.15) is 17.8 Å². The first-order valence-electron chi connectivity index (χ1n) is 4.25. The number of allylic oxidation sites excluding steroid dienone is 1. The van der Waals surface area contributed by atoms with Gasteiger partial charge in [-0.05, 0) is 12.2 Å². The Morgan fingerprint density at radius 2 is 2.00 bits per heavy atom. The molecule has 16 heavy (non-hydrogen) atoms. The third-order valence-corrected chi connectivity index (χ3v) is 3.10. The van der Waals surface area contributed by atoms with Crippen molar-refractivity contribution >= 4 is 13.5 Å². The van der Waals surface area contributed by atoms with Crippen LogP contribution in [0.3, 0.4) is 0 Å². The Morgan fingerprint density at radius 3 is 2.38 bits per heavy atom. The first kappa shape index (κ1) is 12.9. The van der Waals surface area contributed by atoms with Crippen molar-refractivity contribution in [2.75, 3.05) is 14.2 Å². The predicted octanol–water partition coefficient (Wildman–Crippen LogP) is 0.365. The molecule has 0 fully saturated rings. The monoisotopic (exact) mass is 246 g/mol. The van der Waals surface area contributed by atoms with Crippen LogP contribution in [-0.2, 0) is 18.8 Å². The zero-order valence-corrected chi connectivity index (χ0v) is 9.60. The van der Waals surface area contributed by atoms with Gasteiger partial charge in [0.05, 0.1) is 18.0 Å². The largest absolute Gasteiger partial charge is 0.497 e. The second-order valence-electron chi connectivity index (χ2n) is 3.04. The number of methoxy groups -OCH3 is 2. The van der Waals surface area contributed by atoms with Crippen molar-refractivity contribution in [3.8, 4) is 0 Å². The lowest BCUT2D eigenvalue weighted by Crippen LogP contribution is -2.20. The highest BCUT2D eigenvalue weighted by Gasteiger charge is 2.34. The summed E-state index contributed by atoms with van der Waals surface area (Å²) in [5.41, 5.74) is -0.0137. The smallest absolute Gasteiger partial charge is 0.355 e. The molecule has 1 aliphatic carbocycles. The van der Waals surface area contributed by atoms with Crippen LogP contribution in [0.1, 0.15) is 0 Å². The fraction of sp³-hybridized carbons (Fsp3) is 0.333. The Hall–Kier alpha value is -1.16. The minimum Gasteiger partial charge on any atom is -0.497 e. The SMILES string of the molecule is COC1=CC(=C=O)C(OC)C(P(=O)(O)O)=C1. The van der Waals surface area contributed by atoms with Gasteiger partial charge in [0.25, 0.3) is 0 Å². The summed E-state index contributed by atoms with van der Waals surface area (Å²) in [6.45, 7) is 0. The fourth-order valence-corrected chi connectivity index (χ4v) is 2.18. The number of carbonyl (C=O) groups excluding carboxylic acids is 1. The zero-order valence-electron chi connectivity index (χ0n) is 8.71. The van der Waals surface area contributed by atoms with E-state index in [9.17, 15) is 9.36 Å². The summed E-state index contributed by atoms with van der Waals surface area (Å²) in [4.78, 5) is 28.9. The highest BCUT2D eigenvalue weighted by Crippen LogP contribution is 2.50. The van der Waals surface area contributed by atoms with E-state index in [4.69, 9.17) is 19.3 Å². The second-order valence-corrected chi connectivity index (χ2v) is 4.64. The highest BCUT2D eigenvalue weighted by atomic mass is 31.2. The molecule has 0 saturated carbocycles. The number of ether oxygens (including phenoxy) is 2. The Bertz CT molecular complexity index is 437. The van der Waals surface area contributed by atoms with Gasteiger partial charge in [-0.25, -0.2) is 4.79 Å². The summed E-state index contributed by atoms with van der Waals surface area (Å²) in [6.07, 6.45) is 1.40. The summed E-state index contributed by atoms with van der Waals surface area (Å²) in [5.74, 6) is 1.74. The van der Waals surface area contributed by atoms with Crippen LogP contribution >= 0.6 is 7.60 Å². The average Bonchev–Trinajstić information content (AvgIpc) is 2.25. The van der Waals surface area contributed by atoms with Crippen LogP contribution in [0.5, 0.6) is 0 Å². The van der Waals surface area contributed by atoms with E-state index in [1.807, 2.05) is 0 Å². The van der Waals surface area contributed by atoms with Crippen LogP contribution < -0.4 is 0 Å². The predicted molar refractivity (Wildman–Crippen MR) is 55.2 cm³/mol. The molecule has 0 radical (unpaired) electrons. The summed E-state index contributed by atoms with van der Waals surface area (Å²) < 4.78 is 20.9. The molecule has 1 rings (SSSR count). The van der Waals surface area contributed by atoms with Crippen LogP contribution in [0.25, 0.3) is 0 Å². The molecule has 0 aliphatic heterocycles. The van der Waals surface area contributed by atoms with Crippen LogP contribution in [0.2, 0.25) is 0 Å². The van der Waals surface area contributed by atoms with E-state index in [1.54, 1.807) is 5.94 Å². The maximum absolute atomic E-state index is 11.2. The Balaban J connectivity index is 3.32. The normalized spacial score (nSPS) is 21.0. The Labute approximate surface area is 92.0 Å². The maximum Gasteiger partial charge on any atom is 0.355 e. The van der Waals surface area contributed by atoms with Gasteiger partial charge in [-0.2, -0.15) is 0 Å². The van der Waals surface area contributed by atoms with Crippen molar-refractivity contribution in [3.63, 3.8) is 0 Å². The van der Waals surface area contributed by atoms with E-state index in [1.165, 1.54) is 20.3 Å². The molecule has 0 heterocycles. The molecule has 7 heteroatoms. The molecule has 0 saturated heterocycles. The van der Waals surface area contributed by atoms with E-state index in [0.717, 1.165) is 6.08 Å². The molecule has 0 spiro atoms. The van der Waals surface area contributed by atoms with Crippen LogP contribution in [-0.4, -0.2) is 36.1 Å². The van der Waals surface area contributed by atoms with Crippen molar-refractivity contribution in [2.45, 2.75) is 6.10 Å². The zero-order chi connectivity index (χ0) is 12.3. The molecule has 0 aromatic carbocycles. The van der Waals surface area contributed by atoms with Crippen molar-refractivity contribution in [1.29, 1.82) is 0 Å². The van der Waals surface area contributed by atoms with Gasteiger partial charge < -0.3 is 19.3 Å². The van der Waals surface area contributed by atoms with E-state index in [-0.39, 0.29) is 16.6 Å². The van der Waals surface area contributed by atoms with Gasteiger partial charge in [0, 0.05) is 7.11 Å². The molecule has 1 atom stereocenters. The summed E-state index contributed by atoms with van der Waals surface area (Å²) in [5, 5.41) is -0.312. The fourth-order valence-electron chi connectivity index (χ4n) is 1.34. The molecule has 1 aliphatic rings. The van der Waals surface area contributed by atoms with E-state index < -0.39 is 13.7 Å². The molecule has 88 valence electrons. The molecule has 6 nitrogen and oxygen atoms in total. The van der Waals surface area contributed by atoms with Gasteiger partial charge in [-0.15, -0.1) is 0 Å². The lowest BCUT2D eigenvalue weighted by atomic mass is 10.1. The average molecular weight is 246 g/mol. The Kier molecular flexibility index (Phi) is 3.86. The first-order valence-corrected chi connectivity index (χ1v) is 5.86. The van der Waals surface area contributed by atoms with Crippen molar-refractivity contribution in [3.05, 3.63) is 28.8 Å². The van der Waals surface area contributed by atoms with Crippen molar-refractivity contribution in [2.24, 2.45) is 0 Å². The molecule has 0 aromatic heterocycles. The van der Waals surface area contributed by atoms with Gasteiger partial charge in [0.2, 0.25) is 0 Å². The Morgan fingerprint density at radius 1 is 1.38 bits per heavy atom. The van der Waals surface area contributed by atoms with E-state index in [0.29, 0.717) is 0 Å². The van der Waals surface area contributed by atoms with Crippen LogP contribution in [0, 0.1) is 0 Å². The van der Waals surface area contributed by atoms with Crippen LogP contribution in [0.15, 0.2) is 28.8 Å². The quantitative estimate of drug-likeness (QED) is 0.551. The molecule has 0 bridgehead atoms. The van der Waals surface area contributed by atoms with Gasteiger partial charge >= 0.3 is 7.60 Å². The molecule has 1 unspecified atom stereocenters. The van der Waals surface area contributed by atoms with Crippen molar-refractivity contribution < 1.29 is 28.6 Å².